The van der Waals surface area contributed by atoms with Crippen LogP contribution in [0, 0.1) is 0 Å². The summed E-state index contributed by atoms with van der Waals surface area (Å²) in [5.41, 5.74) is 7.86. The van der Waals surface area contributed by atoms with Crippen LogP contribution in [-0.2, 0) is 17.6 Å². The third-order valence-electron chi connectivity index (χ3n) is 3.69. The van der Waals surface area contributed by atoms with Crippen LogP contribution in [0.25, 0.3) is 0 Å². The number of nitrogens with zero attached hydrogens (tertiary/aromatic N) is 2. The second-order valence-electron chi connectivity index (χ2n) is 5.27. The fourth-order valence-electron chi connectivity index (χ4n) is 2.59. The molecule has 0 saturated heterocycles. The highest BCUT2D eigenvalue weighted by Gasteiger charge is 2.26. The molecule has 1 aromatic carbocycles. The molecule has 1 aliphatic rings. The first-order valence-electron chi connectivity index (χ1n) is 7.50. The number of anilines is 1. The molecule has 0 bridgehead atoms. The summed E-state index contributed by atoms with van der Waals surface area (Å²) in [4.78, 5) is 30.1. The number of hydrogen-bond donors (Lipinski definition) is 2. The number of aromatic nitrogens is 1. The zero-order chi connectivity index (χ0) is 16.2. The van der Waals surface area contributed by atoms with Crippen molar-refractivity contribution in [2.75, 3.05) is 24.5 Å². The van der Waals surface area contributed by atoms with Crippen molar-refractivity contribution in [2.45, 2.75) is 12.8 Å². The second-order valence-corrected chi connectivity index (χ2v) is 6.21. The van der Waals surface area contributed by atoms with Gasteiger partial charge in [0.2, 0.25) is 5.91 Å². The standard InChI is InChI=1S/C16H18N4O2S.ClH/c17-6-5-14-19-12(10-23-14)16(22)18-7-8-20-13-4-2-1-3-11(13)9-15(20)21;/h1-4,10H,5-9,17H2,(H,18,22);1H. The summed E-state index contributed by atoms with van der Waals surface area (Å²) in [6.07, 6.45) is 1.11. The number of nitrogens with one attached hydrogen (secondary N) is 1. The first-order chi connectivity index (χ1) is 11.2. The van der Waals surface area contributed by atoms with Gasteiger partial charge in [0.25, 0.3) is 5.91 Å². The first-order valence-corrected chi connectivity index (χ1v) is 8.38. The first kappa shape index (κ1) is 18.4. The normalized spacial score (nSPS) is 12.7. The van der Waals surface area contributed by atoms with E-state index in [2.05, 4.69) is 10.3 Å². The maximum absolute atomic E-state index is 12.1. The third kappa shape index (κ3) is 3.92. The molecule has 1 aliphatic heterocycles. The number of thiazole rings is 1. The Hall–Kier alpha value is -1.96. The van der Waals surface area contributed by atoms with Crippen LogP contribution >= 0.6 is 23.7 Å². The molecule has 2 aromatic rings. The molecule has 0 spiro atoms. The van der Waals surface area contributed by atoms with Crippen molar-refractivity contribution in [3.63, 3.8) is 0 Å². The van der Waals surface area contributed by atoms with Gasteiger partial charge in [-0.05, 0) is 18.2 Å². The maximum atomic E-state index is 12.1. The summed E-state index contributed by atoms with van der Waals surface area (Å²) in [6.45, 7) is 1.37. The number of nitrogens with two attached hydrogens (primary N) is 1. The number of rotatable bonds is 6. The third-order valence-corrected chi connectivity index (χ3v) is 4.60. The van der Waals surface area contributed by atoms with Gasteiger partial charge in [-0.2, -0.15) is 0 Å². The lowest BCUT2D eigenvalue weighted by Crippen LogP contribution is -2.36. The predicted octanol–water partition coefficient (Wildman–Crippen LogP) is 1.39. The highest BCUT2D eigenvalue weighted by atomic mass is 35.5. The predicted molar refractivity (Wildman–Crippen MR) is 97.0 cm³/mol. The topological polar surface area (TPSA) is 88.3 Å². The van der Waals surface area contributed by atoms with E-state index in [9.17, 15) is 9.59 Å². The van der Waals surface area contributed by atoms with Gasteiger partial charge in [-0.25, -0.2) is 4.98 Å². The molecule has 0 fully saturated rings. The van der Waals surface area contributed by atoms with Gasteiger partial charge in [0.05, 0.1) is 11.4 Å². The number of carbonyl (C=O) groups is 2. The van der Waals surface area contributed by atoms with Crippen molar-refractivity contribution in [2.24, 2.45) is 5.73 Å². The number of para-hydroxylation sites is 1. The van der Waals surface area contributed by atoms with Gasteiger partial charge in [0.1, 0.15) is 5.69 Å². The van der Waals surface area contributed by atoms with Gasteiger partial charge in [0.15, 0.2) is 0 Å². The van der Waals surface area contributed by atoms with E-state index in [-0.39, 0.29) is 24.2 Å². The van der Waals surface area contributed by atoms with Crippen LogP contribution in [0.3, 0.4) is 0 Å². The van der Waals surface area contributed by atoms with Crippen LogP contribution in [-0.4, -0.2) is 36.4 Å². The van der Waals surface area contributed by atoms with Crippen molar-refractivity contribution in [1.82, 2.24) is 10.3 Å². The van der Waals surface area contributed by atoms with E-state index in [1.54, 1.807) is 10.3 Å². The van der Waals surface area contributed by atoms with E-state index in [1.165, 1.54) is 11.3 Å². The van der Waals surface area contributed by atoms with E-state index < -0.39 is 0 Å². The van der Waals surface area contributed by atoms with Crippen molar-refractivity contribution >= 4 is 41.2 Å². The number of benzene rings is 1. The average Bonchev–Trinajstić information content (AvgIpc) is 3.13. The van der Waals surface area contributed by atoms with Gasteiger partial charge in [-0.3, -0.25) is 9.59 Å². The fraction of sp³-hybridized carbons (Fsp3) is 0.312. The van der Waals surface area contributed by atoms with Crippen molar-refractivity contribution in [1.29, 1.82) is 0 Å². The number of halogens is 1. The van der Waals surface area contributed by atoms with E-state index in [0.717, 1.165) is 16.3 Å². The fourth-order valence-corrected chi connectivity index (χ4v) is 3.38. The lowest BCUT2D eigenvalue weighted by Gasteiger charge is -2.17. The molecule has 3 rings (SSSR count). The van der Waals surface area contributed by atoms with Crippen LogP contribution in [0.5, 0.6) is 0 Å². The minimum Gasteiger partial charge on any atom is -0.349 e. The van der Waals surface area contributed by atoms with Crippen LogP contribution in [0.1, 0.15) is 21.1 Å². The molecule has 0 saturated carbocycles. The average molecular weight is 367 g/mol. The molecule has 1 aromatic heterocycles. The molecule has 6 nitrogen and oxygen atoms in total. The Bertz CT molecular complexity index is 734. The molecular formula is C16H19ClN4O2S. The number of hydrogen-bond acceptors (Lipinski definition) is 5. The minimum atomic E-state index is -0.218. The smallest absolute Gasteiger partial charge is 0.270 e. The molecule has 24 heavy (non-hydrogen) atoms. The SMILES string of the molecule is Cl.NCCc1nc(C(=O)NCCN2C(=O)Cc3ccccc32)cs1. The zero-order valence-corrected chi connectivity index (χ0v) is 14.7. The summed E-state index contributed by atoms with van der Waals surface area (Å²) in [6, 6.07) is 7.73. The van der Waals surface area contributed by atoms with Crippen molar-refractivity contribution < 1.29 is 9.59 Å². The number of amides is 2. The van der Waals surface area contributed by atoms with E-state index >= 15 is 0 Å². The molecule has 0 atom stereocenters. The minimum absolute atomic E-state index is 0. The Balaban J connectivity index is 0.00000208. The molecule has 3 N–H and O–H groups in total. The van der Waals surface area contributed by atoms with Crippen LogP contribution in [0.4, 0.5) is 5.69 Å². The molecule has 0 unspecified atom stereocenters. The van der Waals surface area contributed by atoms with Gasteiger partial charge in [-0.15, -0.1) is 23.7 Å². The Morgan fingerprint density at radius 1 is 1.38 bits per heavy atom. The Morgan fingerprint density at radius 2 is 2.17 bits per heavy atom. The Morgan fingerprint density at radius 3 is 2.96 bits per heavy atom. The van der Waals surface area contributed by atoms with E-state index in [4.69, 9.17) is 5.73 Å². The van der Waals surface area contributed by atoms with E-state index in [1.807, 2.05) is 24.3 Å². The molecular weight excluding hydrogens is 348 g/mol. The molecule has 2 heterocycles. The van der Waals surface area contributed by atoms with Crippen molar-refractivity contribution in [3.05, 3.63) is 45.9 Å². The quantitative estimate of drug-likeness (QED) is 0.808. The lowest BCUT2D eigenvalue weighted by atomic mass is 10.2. The zero-order valence-electron chi connectivity index (χ0n) is 13.0. The number of fused-ring (bicyclic) bond motifs is 1. The summed E-state index contributed by atoms with van der Waals surface area (Å²) < 4.78 is 0. The van der Waals surface area contributed by atoms with Crippen LogP contribution < -0.4 is 16.0 Å². The lowest BCUT2D eigenvalue weighted by molar-refractivity contribution is -0.117. The van der Waals surface area contributed by atoms with Crippen molar-refractivity contribution in [3.8, 4) is 0 Å². The maximum Gasteiger partial charge on any atom is 0.270 e. The largest absolute Gasteiger partial charge is 0.349 e. The Labute approximate surface area is 150 Å². The van der Waals surface area contributed by atoms with Crippen LogP contribution in [0.2, 0.25) is 0 Å². The number of carbonyl (C=O) groups excluding carboxylic acids is 2. The van der Waals surface area contributed by atoms with Gasteiger partial charge < -0.3 is 16.0 Å². The summed E-state index contributed by atoms with van der Waals surface area (Å²) >= 11 is 1.44. The molecule has 128 valence electrons. The molecule has 0 radical (unpaired) electrons. The molecule has 0 aliphatic carbocycles. The summed E-state index contributed by atoms with van der Waals surface area (Å²) in [5.74, 6) is -0.149. The second kappa shape index (κ2) is 8.23. The monoisotopic (exact) mass is 366 g/mol. The summed E-state index contributed by atoms with van der Waals surface area (Å²) in [5, 5.41) is 5.41. The molecule has 8 heteroatoms. The van der Waals surface area contributed by atoms with Gasteiger partial charge in [0, 0.05) is 30.6 Å². The Kier molecular flexibility index (Phi) is 6.30. The highest BCUT2D eigenvalue weighted by molar-refractivity contribution is 7.09. The van der Waals surface area contributed by atoms with E-state index in [0.29, 0.717) is 38.2 Å². The van der Waals surface area contributed by atoms with Gasteiger partial charge >= 0.3 is 0 Å². The highest BCUT2D eigenvalue weighted by Crippen LogP contribution is 2.27. The summed E-state index contributed by atoms with van der Waals surface area (Å²) in [7, 11) is 0. The van der Waals surface area contributed by atoms with Gasteiger partial charge in [-0.1, -0.05) is 18.2 Å². The van der Waals surface area contributed by atoms with Crippen LogP contribution in [0.15, 0.2) is 29.6 Å². The molecule has 2 amide bonds.